The third kappa shape index (κ3) is 3.09. The summed E-state index contributed by atoms with van der Waals surface area (Å²) in [5.41, 5.74) is 1.81. The Kier molecular flexibility index (Phi) is 4.10. The van der Waals surface area contributed by atoms with Crippen LogP contribution in [0.4, 0.5) is 5.13 Å². The van der Waals surface area contributed by atoms with Crippen LogP contribution in [-0.2, 0) is 21.8 Å². The van der Waals surface area contributed by atoms with Crippen LogP contribution in [0.3, 0.4) is 0 Å². The normalized spacial score (nSPS) is 20.6. The first-order chi connectivity index (χ1) is 10.3. The Balaban J connectivity index is 1.65. The fraction of sp³-hybridized carbons (Fsp3) is 0.667. The number of fused-ring (bicyclic) bond motifs is 1. The quantitative estimate of drug-likeness (QED) is 0.863. The Morgan fingerprint density at radius 3 is 2.95 bits per heavy atom. The predicted molar refractivity (Wildman–Crippen MR) is 85.8 cm³/mol. The van der Waals surface area contributed by atoms with Crippen molar-refractivity contribution in [1.82, 2.24) is 19.1 Å². The van der Waals surface area contributed by atoms with Crippen LogP contribution >= 0.6 is 11.3 Å². The van der Waals surface area contributed by atoms with Crippen LogP contribution in [-0.4, -0.2) is 66.1 Å². The minimum atomic E-state index is -3.16. The fourth-order valence-electron chi connectivity index (χ4n) is 2.48. The molecule has 0 saturated carbocycles. The summed E-state index contributed by atoms with van der Waals surface area (Å²) in [6.07, 6.45) is 1.06. The first-order valence-corrected chi connectivity index (χ1v) is 9.62. The van der Waals surface area contributed by atoms with E-state index in [-0.39, 0.29) is 6.10 Å². The van der Waals surface area contributed by atoms with Gasteiger partial charge >= 0.3 is 0 Å². The first-order valence-electron chi connectivity index (χ1n) is 6.95. The molecule has 3 heterocycles. The van der Waals surface area contributed by atoms with Crippen LogP contribution in [0.15, 0.2) is 0 Å². The highest BCUT2D eigenvalue weighted by Gasteiger charge is 2.26. The Bertz CT molecular complexity index is 748. The molecule has 0 spiro atoms. The average Bonchev–Trinajstić information content (AvgIpc) is 2.98. The number of nitrogens with zero attached hydrogens (tertiary/aromatic N) is 4. The van der Waals surface area contributed by atoms with E-state index in [1.165, 1.54) is 10.6 Å². The summed E-state index contributed by atoms with van der Waals surface area (Å²) < 4.78 is 33.1. The monoisotopic (exact) mass is 345 g/mol. The molecule has 2 aromatic rings. The van der Waals surface area contributed by atoms with Gasteiger partial charge in [0.1, 0.15) is 0 Å². The van der Waals surface area contributed by atoms with E-state index in [9.17, 15) is 8.42 Å². The van der Waals surface area contributed by atoms with Crippen molar-refractivity contribution in [2.45, 2.75) is 13.0 Å². The van der Waals surface area contributed by atoms with E-state index >= 15 is 0 Å². The van der Waals surface area contributed by atoms with Gasteiger partial charge in [-0.1, -0.05) is 11.3 Å². The van der Waals surface area contributed by atoms with E-state index in [0.717, 1.165) is 21.2 Å². The molecule has 3 rings (SSSR count). The Morgan fingerprint density at radius 2 is 2.27 bits per heavy atom. The number of hydrogen-bond donors (Lipinski definition) is 1. The number of anilines is 1. The van der Waals surface area contributed by atoms with Gasteiger partial charge < -0.3 is 10.1 Å². The Morgan fingerprint density at radius 1 is 1.50 bits per heavy atom. The van der Waals surface area contributed by atoms with E-state index in [2.05, 4.69) is 15.4 Å². The highest BCUT2D eigenvalue weighted by molar-refractivity contribution is 7.88. The molecule has 0 amide bonds. The molecule has 0 aliphatic carbocycles. The molecule has 1 aliphatic heterocycles. The topological polar surface area (TPSA) is 89.4 Å². The highest BCUT2D eigenvalue weighted by Crippen LogP contribution is 2.28. The molecule has 1 N–H and O–H groups in total. The zero-order valence-electron chi connectivity index (χ0n) is 12.7. The molecule has 2 aromatic heterocycles. The lowest BCUT2D eigenvalue weighted by atomic mass is 10.3. The van der Waals surface area contributed by atoms with Crippen LogP contribution < -0.4 is 5.32 Å². The molecule has 8 nitrogen and oxygen atoms in total. The minimum absolute atomic E-state index is 0.172. The second kappa shape index (κ2) is 5.76. The second-order valence-electron chi connectivity index (χ2n) is 5.38. The zero-order chi connectivity index (χ0) is 15.9. The van der Waals surface area contributed by atoms with Gasteiger partial charge in [-0.15, -0.1) is 0 Å². The maximum Gasteiger partial charge on any atom is 0.211 e. The van der Waals surface area contributed by atoms with Crippen LogP contribution in [0, 0.1) is 6.92 Å². The van der Waals surface area contributed by atoms with Gasteiger partial charge in [0, 0.05) is 26.7 Å². The van der Waals surface area contributed by atoms with Crippen LogP contribution in [0.1, 0.15) is 5.69 Å². The van der Waals surface area contributed by atoms with Crippen molar-refractivity contribution < 1.29 is 13.2 Å². The molecule has 22 heavy (non-hydrogen) atoms. The molecule has 10 heteroatoms. The number of thiazole rings is 1. The van der Waals surface area contributed by atoms with E-state index in [0.29, 0.717) is 26.2 Å². The van der Waals surface area contributed by atoms with E-state index in [1.807, 2.05) is 14.0 Å². The lowest BCUT2D eigenvalue weighted by Gasteiger charge is -2.31. The van der Waals surface area contributed by atoms with Gasteiger partial charge in [0.05, 0.1) is 29.4 Å². The van der Waals surface area contributed by atoms with Crippen LogP contribution in [0.5, 0.6) is 0 Å². The number of nitrogens with one attached hydrogen (secondary N) is 1. The van der Waals surface area contributed by atoms with Crippen LogP contribution in [0.25, 0.3) is 10.3 Å². The summed E-state index contributed by atoms with van der Waals surface area (Å²) in [4.78, 5) is 4.51. The molecule has 0 bridgehead atoms. The molecular weight excluding hydrogens is 326 g/mol. The number of aryl methyl sites for hydroxylation is 2. The summed E-state index contributed by atoms with van der Waals surface area (Å²) >= 11 is 1.55. The van der Waals surface area contributed by atoms with Crippen molar-refractivity contribution in [3.8, 4) is 0 Å². The molecular formula is C12H19N5O3S2. The summed E-state index contributed by atoms with van der Waals surface area (Å²) in [5, 5.41) is 8.35. The number of sulfonamides is 1. The number of aromatic nitrogens is 3. The van der Waals surface area contributed by atoms with Gasteiger partial charge in [-0.05, 0) is 6.92 Å². The maximum absolute atomic E-state index is 11.6. The molecule has 122 valence electrons. The van der Waals surface area contributed by atoms with Gasteiger partial charge in [0.2, 0.25) is 10.0 Å². The van der Waals surface area contributed by atoms with E-state index in [1.54, 1.807) is 16.0 Å². The van der Waals surface area contributed by atoms with Crippen molar-refractivity contribution in [2.24, 2.45) is 7.05 Å². The molecule has 1 saturated heterocycles. The fourth-order valence-corrected chi connectivity index (χ4v) is 4.26. The zero-order valence-corrected chi connectivity index (χ0v) is 14.4. The number of hydrogen-bond acceptors (Lipinski definition) is 7. The molecule has 0 unspecified atom stereocenters. The third-order valence-corrected chi connectivity index (χ3v) is 5.98. The lowest BCUT2D eigenvalue weighted by Crippen LogP contribution is -2.47. The standard InChI is InChI=1S/C12H19N5O3S2/c1-8-10-11(16(2)15-8)14-12(21-10)13-6-9-7-17(4-5-20-9)22(3,18)19/h9H,4-7H2,1-3H3,(H,13,14)/t9-/m1/s1. The van der Waals surface area contributed by atoms with E-state index < -0.39 is 10.0 Å². The Hall–Kier alpha value is -1.23. The largest absolute Gasteiger partial charge is 0.374 e. The number of ether oxygens (including phenoxy) is 1. The van der Waals surface area contributed by atoms with Crippen molar-refractivity contribution in [2.75, 3.05) is 37.8 Å². The van der Waals surface area contributed by atoms with Gasteiger partial charge in [0.15, 0.2) is 10.8 Å². The van der Waals surface area contributed by atoms with Gasteiger partial charge in [0.25, 0.3) is 0 Å². The summed E-state index contributed by atoms with van der Waals surface area (Å²) in [6, 6.07) is 0. The molecule has 0 radical (unpaired) electrons. The number of rotatable bonds is 4. The maximum atomic E-state index is 11.6. The number of morpholine rings is 1. The van der Waals surface area contributed by atoms with Crippen molar-refractivity contribution in [3.63, 3.8) is 0 Å². The molecule has 1 aliphatic rings. The summed E-state index contributed by atoms with van der Waals surface area (Å²) in [6.45, 7) is 3.69. The molecule has 1 atom stereocenters. The SMILES string of the molecule is Cc1nn(C)c2nc(NC[C@@H]3CN(S(C)(=O)=O)CCO3)sc12. The predicted octanol–water partition coefficient (Wildman–Crippen LogP) is 0.411. The average molecular weight is 345 g/mol. The van der Waals surface area contributed by atoms with Crippen LogP contribution in [0.2, 0.25) is 0 Å². The van der Waals surface area contributed by atoms with E-state index in [4.69, 9.17) is 4.74 Å². The van der Waals surface area contributed by atoms with Crippen molar-refractivity contribution in [1.29, 1.82) is 0 Å². The Labute approximate surface area is 133 Å². The van der Waals surface area contributed by atoms with Gasteiger partial charge in [-0.2, -0.15) is 9.40 Å². The summed E-state index contributed by atoms with van der Waals surface area (Å²) in [5.74, 6) is 0. The minimum Gasteiger partial charge on any atom is -0.374 e. The van der Waals surface area contributed by atoms with Gasteiger partial charge in [-0.25, -0.2) is 18.1 Å². The highest BCUT2D eigenvalue weighted by atomic mass is 32.2. The third-order valence-electron chi connectivity index (χ3n) is 3.60. The second-order valence-corrected chi connectivity index (χ2v) is 8.36. The smallest absolute Gasteiger partial charge is 0.211 e. The summed E-state index contributed by atoms with van der Waals surface area (Å²) in [7, 11) is -1.30. The first kappa shape index (κ1) is 15.7. The molecule has 0 aromatic carbocycles. The lowest BCUT2D eigenvalue weighted by molar-refractivity contribution is 0.00704. The molecule has 1 fully saturated rings. The van der Waals surface area contributed by atoms with Gasteiger partial charge in [-0.3, -0.25) is 0 Å². The van der Waals surface area contributed by atoms with Crippen molar-refractivity contribution >= 4 is 36.8 Å². The van der Waals surface area contributed by atoms with Crippen molar-refractivity contribution in [3.05, 3.63) is 5.69 Å².